The van der Waals surface area contributed by atoms with Crippen molar-refractivity contribution in [2.24, 2.45) is 5.14 Å². The molecule has 0 saturated carbocycles. The largest absolute Gasteiger partial charge is 0.493 e. The Hall–Kier alpha value is -2.23. The number of nitrogens with two attached hydrogens (primary N) is 1. The molecule has 0 atom stereocenters. The molecule has 2 N–H and O–H groups in total. The van der Waals surface area contributed by atoms with E-state index in [2.05, 4.69) is 9.97 Å². The Bertz CT molecular complexity index is 927. The summed E-state index contributed by atoms with van der Waals surface area (Å²) in [5.41, 5.74) is 2.46. The predicted octanol–water partition coefficient (Wildman–Crippen LogP) is 1.33. The summed E-state index contributed by atoms with van der Waals surface area (Å²) in [7, 11) is -0.544. The van der Waals surface area contributed by atoms with E-state index < -0.39 is 10.2 Å². The average Bonchev–Trinajstić information content (AvgIpc) is 2.85. The van der Waals surface area contributed by atoms with Gasteiger partial charge in [-0.3, -0.25) is 0 Å². The van der Waals surface area contributed by atoms with Gasteiger partial charge < -0.3 is 9.47 Å². The van der Waals surface area contributed by atoms with E-state index in [9.17, 15) is 8.42 Å². The third-order valence-corrected chi connectivity index (χ3v) is 5.29. The Labute approximate surface area is 146 Å². The van der Waals surface area contributed by atoms with Crippen LogP contribution in [0.25, 0.3) is 16.5 Å². The van der Waals surface area contributed by atoms with Gasteiger partial charge in [0.15, 0.2) is 11.5 Å². The summed E-state index contributed by atoms with van der Waals surface area (Å²) in [6.45, 7) is 0.686. The highest BCUT2D eigenvalue weighted by Crippen LogP contribution is 2.35. The maximum Gasteiger partial charge on any atom is 0.276 e. The minimum atomic E-state index is -3.69. The summed E-state index contributed by atoms with van der Waals surface area (Å²) < 4.78 is 35.1. The molecule has 0 aliphatic carbocycles. The molecule has 0 bridgehead atoms. The van der Waals surface area contributed by atoms with Crippen LogP contribution in [-0.2, 0) is 10.2 Å². The molecule has 8 nitrogen and oxygen atoms in total. The Morgan fingerprint density at radius 1 is 1.12 bits per heavy atom. The molecule has 1 aliphatic heterocycles. The average molecular weight is 364 g/mol. The van der Waals surface area contributed by atoms with E-state index >= 15 is 0 Å². The minimum absolute atomic E-state index is 0.323. The molecule has 1 aromatic heterocycles. The summed E-state index contributed by atoms with van der Waals surface area (Å²) in [4.78, 5) is 8.71. The van der Waals surface area contributed by atoms with E-state index in [0.717, 1.165) is 22.2 Å². The number of hydrogen-bond acceptors (Lipinski definition) is 6. The number of hydrogen-bond donors (Lipinski definition) is 1. The van der Waals surface area contributed by atoms with Crippen molar-refractivity contribution in [2.45, 2.75) is 12.8 Å². The van der Waals surface area contributed by atoms with Crippen LogP contribution >= 0.6 is 0 Å². The van der Waals surface area contributed by atoms with Crippen molar-refractivity contribution >= 4 is 26.7 Å². The molecule has 1 aromatic carbocycles. The van der Waals surface area contributed by atoms with E-state index in [1.165, 1.54) is 10.6 Å². The first kappa shape index (κ1) is 17.6. The van der Waals surface area contributed by atoms with Crippen molar-refractivity contribution in [2.75, 3.05) is 27.3 Å². The van der Waals surface area contributed by atoms with E-state index in [4.69, 9.17) is 14.6 Å². The molecule has 134 valence electrons. The van der Waals surface area contributed by atoms with Gasteiger partial charge in [-0.1, -0.05) is 6.08 Å². The number of fused-ring (bicyclic) bond motifs is 1. The molecule has 0 amide bonds. The Morgan fingerprint density at radius 2 is 1.84 bits per heavy atom. The molecule has 0 saturated heterocycles. The van der Waals surface area contributed by atoms with Crippen LogP contribution in [0, 0.1) is 0 Å². The van der Waals surface area contributed by atoms with E-state index in [-0.39, 0.29) is 0 Å². The quantitative estimate of drug-likeness (QED) is 0.877. The number of nitrogens with zero attached hydrogens (tertiary/aromatic N) is 3. The monoisotopic (exact) mass is 364 g/mol. The van der Waals surface area contributed by atoms with Crippen LogP contribution in [0.5, 0.6) is 11.5 Å². The standard InChI is InChI=1S/C16H20N4O4S/c1-23-14-8-12-13(9-15(14)24-2)18-10-19-16(12)11-4-3-6-20(7-5-11)25(17,21)22/h4,8-10H,3,5-7H2,1-2H3,(H2,17,21,22). The van der Waals surface area contributed by atoms with Gasteiger partial charge in [0, 0.05) is 24.5 Å². The lowest BCUT2D eigenvalue weighted by Crippen LogP contribution is -2.37. The summed E-state index contributed by atoms with van der Waals surface area (Å²) in [5.74, 6) is 1.18. The highest BCUT2D eigenvalue weighted by molar-refractivity contribution is 7.86. The zero-order valence-electron chi connectivity index (χ0n) is 14.1. The number of methoxy groups -OCH3 is 2. The van der Waals surface area contributed by atoms with Crippen molar-refractivity contribution in [3.8, 4) is 11.5 Å². The van der Waals surface area contributed by atoms with Gasteiger partial charge >= 0.3 is 0 Å². The summed E-state index contributed by atoms with van der Waals surface area (Å²) in [5, 5.41) is 6.07. The molecule has 9 heteroatoms. The van der Waals surface area contributed by atoms with Gasteiger partial charge in [-0.25, -0.2) is 15.1 Å². The van der Waals surface area contributed by atoms with Crippen LogP contribution in [-0.4, -0.2) is 50.0 Å². The van der Waals surface area contributed by atoms with Gasteiger partial charge in [0.1, 0.15) is 6.33 Å². The van der Waals surface area contributed by atoms with Crippen LogP contribution in [0.4, 0.5) is 0 Å². The number of ether oxygens (including phenoxy) is 2. The van der Waals surface area contributed by atoms with Crippen molar-refractivity contribution in [1.82, 2.24) is 14.3 Å². The second-order valence-corrected chi connectivity index (χ2v) is 7.20. The van der Waals surface area contributed by atoms with Crippen LogP contribution < -0.4 is 14.6 Å². The van der Waals surface area contributed by atoms with Crippen molar-refractivity contribution in [3.05, 3.63) is 30.2 Å². The van der Waals surface area contributed by atoms with Gasteiger partial charge in [0.25, 0.3) is 10.2 Å². The Morgan fingerprint density at radius 3 is 2.52 bits per heavy atom. The number of rotatable bonds is 4. The molecule has 0 spiro atoms. The maximum absolute atomic E-state index is 11.6. The van der Waals surface area contributed by atoms with E-state index in [1.54, 1.807) is 20.3 Å². The van der Waals surface area contributed by atoms with Gasteiger partial charge in [-0.05, 0) is 24.5 Å². The smallest absolute Gasteiger partial charge is 0.276 e. The Kier molecular flexibility index (Phi) is 4.89. The van der Waals surface area contributed by atoms with Gasteiger partial charge in [-0.2, -0.15) is 12.7 Å². The zero-order chi connectivity index (χ0) is 18.0. The van der Waals surface area contributed by atoms with Crippen LogP contribution in [0.2, 0.25) is 0 Å². The van der Waals surface area contributed by atoms with Crippen LogP contribution in [0.3, 0.4) is 0 Å². The maximum atomic E-state index is 11.6. The zero-order valence-corrected chi connectivity index (χ0v) is 14.9. The van der Waals surface area contributed by atoms with Crippen molar-refractivity contribution in [3.63, 3.8) is 0 Å². The van der Waals surface area contributed by atoms with Gasteiger partial charge in [0.2, 0.25) is 0 Å². The molecule has 2 aromatic rings. The molecular formula is C16H20N4O4S. The van der Waals surface area contributed by atoms with Crippen molar-refractivity contribution < 1.29 is 17.9 Å². The second-order valence-electron chi connectivity index (χ2n) is 5.66. The fourth-order valence-electron chi connectivity index (χ4n) is 2.95. The molecule has 3 rings (SSSR count). The molecule has 2 heterocycles. The molecule has 25 heavy (non-hydrogen) atoms. The fourth-order valence-corrected chi connectivity index (χ4v) is 3.66. The molecule has 0 radical (unpaired) electrons. The lowest BCUT2D eigenvalue weighted by Gasteiger charge is -2.16. The summed E-state index contributed by atoms with van der Waals surface area (Å²) >= 11 is 0. The number of aromatic nitrogens is 2. The summed E-state index contributed by atoms with van der Waals surface area (Å²) in [6.07, 6.45) is 4.60. The lowest BCUT2D eigenvalue weighted by atomic mass is 10.0. The molecule has 1 aliphatic rings. The van der Waals surface area contributed by atoms with Crippen LogP contribution in [0.1, 0.15) is 18.5 Å². The highest BCUT2D eigenvalue weighted by atomic mass is 32.2. The molecule has 0 fully saturated rings. The van der Waals surface area contributed by atoms with E-state index in [0.29, 0.717) is 37.4 Å². The van der Waals surface area contributed by atoms with E-state index in [1.807, 2.05) is 12.1 Å². The molecule has 0 unspecified atom stereocenters. The first-order valence-electron chi connectivity index (χ1n) is 7.78. The van der Waals surface area contributed by atoms with Crippen molar-refractivity contribution in [1.29, 1.82) is 0 Å². The second kappa shape index (κ2) is 6.95. The minimum Gasteiger partial charge on any atom is -0.493 e. The summed E-state index contributed by atoms with van der Waals surface area (Å²) in [6, 6.07) is 3.64. The normalized spacial score (nSPS) is 16.4. The van der Waals surface area contributed by atoms with Gasteiger partial charge in [-0.15, -0.1) is 0 Å². The Balaban J connectivity index is 2.02. The third kappa shape index (κ3) is 3.58. The van der Waals surface area contributed by atoms with Crippen LogP contribution in [0.15, 0.2) is 24.5 Å². The van der Waals surface area contributed by atoms with Gasteiger partial charge in [0.05, 0.1) is 25.4 Å². The first-order valence-corrected chi connectivity index (χ1v) is 9.28. The predicted molar refractivity (Wildman–Crippen MR) is 94.5 cm³/mol. The number of benzene rings is 1. The molecular weight excluding hydrogens is 344 g/mol. The highest BCUT2D eigenvalue weighted by Gasteiger charge is 2.21. The third-order valence-electron chi connectivity index (χ3n) is 4.20. The topological polar surface area (TPSA) is 108 Å². The fraction of sp³-hybridized carbons (Fsp3) is 0.375. The SMILES string of the molecule is COc1cc2ncnc(C3=CCCN(S(N)(=O)=O)CC3)c2cc1OC. The first-order chi connectivity index (χ1) is 11.9. The lowest BCUT2D eigenvalue weighted by molar-refractivity contribution is 0.355.